The molecule has 2 unspecified atom stereocenters. The van der Waals surface area contributed by atoms with Gasteiger partial charge in [0.25, 0.3) is 0 Å². The largest absolute Gasteiger partial charge is 0.508 e. The molecule has 2 aromatic heterocycles. The first-order valence-electron chi connectivity index (χ1n) is 12.3. The zero-order valence-corrected chi connectivity index (χ0v) is 20.7. The molecule has 1 fully saturated rings. The summed E-state index contributed by atoms with van der Waals surface area (Å²) in [5, 5.41) is 20.2. The van der Waals surface area contributed by atoms with Gasteiger partial charge in [-0.2, -0.15) is 5.10 Å². The van der Waals surface area contributed by atoms with Crippen LogP contribution < -0.4 is 16.4 Å². The summed E-state index contributed by atoms with van der Waals surface area (Å²) in [5.74, 6) is -0.300. The number of phenols is 1. The molecule has 11 heteroatoms. The van der Waals surface area contributed by atoms with Crippen molar-refractivity contribution < 1.29 is 19.4 Å². The lowest BCUT2D eigenvalue weighted by atomic mass is 9.91. The summed E-state index contributed by atoms with van der Waals surface area (Å²) < 4.78 is 7.07. The van der Waals surface area contributed by atoms with Crippen molar-refractivity contribution in [3.8, 4) is 5.75 Å². The molecular formula is C27H29N7O4. The fourth-order valence-electron chi connectivity index (χ4n) is 4.74. The second kappa shape index (κ2) is 11.2. The average Bonchev–Trinajstić information content (AvgIpc) is 3.32. The zero-order valence-electron chi connectivity index (χ0n) is 20.7. The molecule has 4 aromatic rings. The number of anilines is 2. The van der Waals surface area contributed by atoms with Crippen LogP contribution in [0.25, 0.3) is 5.52 Å². The highest BCUT2D eigenvalue weighted by Crippen LogP contribution is 2.27. The molecule has 3 heterocycles. The van der Waals surface area contributed by atoms with Crippen LogP contribution >= 0.6 is 0 Å². The van der Waals surface area contributed by atoms with Crippen molar-refractivity contribution in [1.82, 2.24) is 24.8 Å². The van der Waals surface area contributed by atoms with Gasteiger partial charge in [0.1, 0.15) is 24.2 Å². The van der Waals surface area contributed by atoms with E-state index in [0.717, 1.165) is 16.6 Å². The molecule has 2 aromatic carbocycles. The number of hydrogen-bond acceptors (Lipinski definition) is 8. The lowest BCUT2D eigenvalue weighted by Crippen LogP contribution is -2.54. The van der Waals surface area contributed by atoms with Crippen molar-refractivity contribution >= 4 is 29.0 Å². The number of phenolic OH excluding ortho intramolecular Hbond substituents is 1. The van der Waals surface area contributed by atoms with E-state index in [9.17, 15) is 14.7 Å². The molecule has 1 saturated heterocycles. The number of nitrogens with two attached hydrogens (primary N) is 1. The van der Waals surface area contributed by atoms with E-state index in [2.05, 4.69) is 25.6 Å². The lowest BCUT2D eigenvalue weighted by molar-refractivity contribution is -0.124. The van der Waals surface area contributed by atoms with Crippen molar-refractivity contribution in [2.75, 3.05) is 18.4 Å². The normalized spacial score (nSPS) is 17.7. The number of aromatic hydroxyl groups is 1. The number of alkyl carbamates (subject to hydrolysis) is 1. The molecule has 5 rings (SSSR count). The van der Waals surface area contributed by atoms with Crippen LogP contribution in [-0.2, 0) is 22.7 Å². The number of nitrogens with zero attached hydrogens (tertiary/aromatic N) is 4. The van der Waals surface area contributed by atoms with Crippen LogP contribution in [0.4, 0.5) is 16.3 Å². The second-order valence-electron chi connectivity index (χ2n) is 9.26. The van der Waals surface area contributed by atoms with Crippen molar-refractivity contribution in [3.63, 3.8) is 0 Å². The Morgan fingerprint density at radius 2 is 1.97 bits per heavy atom. The Morgan fingerprint density at radius 1 is 1.13 bits per heavy atom. The van der Waals surface area contributed by atoms with Gasteiger partial charge in [0.15, 0.2) is 5.82 Å². The number of carbonyl (C=O) groups is 2. The van der Waals surface area contributed by atoms with Gasteiger partial charge in [0.2, 0.25) is 5.91 Å². The number of carbonyl (C=O) groups excluding carboxylic acids is 2. The van der Waals surface area contributed by atoms with Gasteiger partial charge in [0.05, 0.1) is 5.92 Å². The van der Waals surface area contributed by atoms with Gasteiger partial charge in [-0.3, -0.25) is 9.69 Å². The number of hydrogen-bond donors (Lipinski definition) is 4. The van der Waals surface area contributed by atoms with Crippen molar-refractivity contribution in [3.05, 3.63) is 84.3 Å². The third-order valence-electron chi connectivity index (χ3n) is 6.62. The number of aromatic nitrogens is 3. The summed E-state index contributed by atoms with van der Waals surface area (Å²) >= 11 is 0. The molecule has 0 bridgehead atoms. The number of piperidine rings is 1. The lowest BCUT2D eigenvalue weighted by Gasteiger charge is -2.37. The van der Waals surface area contributed by atoms with E-state index in [1.54, 1.807) is 22.7 Å². The van der Waals surface area contributed by atoms with Gasteiger partial charge in [0, 0.05) is 43.6 Å². The van der Waals surface area contributed by atoms with Gasteiger partial charge in [-0.25, -0.2) is 14.3 Å². The van der Waals surface area contributed by atoms with E-state index in [1.165, 1.54) is 6.33 Å². The molecule has 196 valence electrons. The first-order valence-corrected chi connectivity index (χ1v) is 12.3. The zero-order chi connectivity index (χ0) is 26.5. The number of primary amides is 1. The quantitative estimate of drug-likeness (QED) is 0.280. The van der Waals surface area contributed by atoms with E-state index >= 15 is 0 Å². The molecule has 38 heavy (non-hydrogen) atoms. The average molecular weight is 516 g/mol. The van der Waals surface area contributed by atoms with Gasteiger partial charge in [-0.15, -0.1) is 0 Å². The molecule has 0 radical (unpaired) electrons. The molecule has 1 aliphatic heterocycles. The highest BCUT2D eigenvalue weighted by Gasteiger charge is 2.34. The van der Waals surface area contributed by atoms with E-state index < -0.39 is 24.0 Å². The smallest absolute Gasteiger partial charge is 0.407 e. The number of rotatable bonds is 8. The predicted molar refractivity (Wildman–Crippen MR) is 141 cm³/mol. The van der Waals surface area contributed by atoms with E-state index in [1.807, 2.05) is 48.7 Å². The minimum atomic E-state index is -0.572. The van der Waals surface area contributed by atoms with Crippen LogP contribution in [0.3, 0.4) is 0 Å². The Bertz CT molecular complexity index is 1430. The standard InChI is InChI=1S/C27H29N7O4/c28-25(36)22-15-33(11-10-23(22)32-27(37)38-16-18-5-2-1-3-6-18)14-19-9-12-34-24(19)26(29-17-30-34)31-20-7-4-8-21(35)13-20/h1-9,12-13,17,22-23,35H,10-11,14-16H2,(H2,28,36)(H,32,37)(H,29,30,31). The monoisotopic (exact) mass is 515 g/mol. The van der Waals surface area contributed by atoms with Crippen LogP contribution in [0.5, 0.6) is 5.75 Å². The fourth-order valence-corrected chi connectivity index (χ4v) is 4.74. The number of amides is 2. The second-order valence-corrected chi connectivity index (χ2v) is 9.26. The van der Waals surface area contributed by atoms with Crippen molar-refractivity contribution in [2.45, 2.75) is 25.6 Å². The Kier molecular flexibility index (Phi) is 7.36. The summed E-state index contributed by atoms with van der Waals surface area (Å²) in [6.07, 6.45) is 3.28. The maximum Gasteiger partial charge on any atom is 0.407 e. The van der Waals surface area contributed by atoms with E-state index in [-0.39, 0.29) is 12.4 Å². The molecule has 0 spiro atoms. The summed E-state index contributed by atoms with van der Waals surface area (Å²) in [6.45, 7) is 1.72. The molecule has 11 nitrogen and oxygen atoms in total. The number of ether oxygens (including phenoxy) is 1. The minimum absolute atomic E-state index is 0.147. The first-order chi connectivity index (χ1) is 18.5. The van der Waals surface area contributed by atoms with Crippen LogP contribution in [0.2, 0.25) is 0 Å². The minimum Gasteiger partial charge on any atom is -0.508 e. The van der Waals surface area contributed by atoms with Gasteiger partial charge in [-0.05, 0) is 35.7 Å². The molecule has 0 aliphatic carbocycles. The summed E-state index contributed by atoms with van der Waals surface area (Å²) in [4.78, 5) is 31.3. The number of fused-ring (bicyclic) bond motifs is 1. The molecule has 1 aliphatic rings. The SMILES string of the molecule is NC(=O)C1CN(Cc2ccn3ncnc(Nc4cccc(O)c4)c23)CCC1NC(=O)OCc1ccccc1. The number of nitrogens with one attached hydrogen (secondary N) is 2. The number of benzene rings is 2. The van der Waals surface area contributed by atoms with Gasteiger partial charge >= 0.3 is 6.09 Å². The summed E-state index contributed by atoms with van der Waals surface area (Å²) in [5.41, 5.74) is 9.06. The van der Waals surface area contributed by atoms with Crippen LogP contribution in [0, 0.1) is 5.92 Å². The van der Waals surface area contributed by atoms with Gasteiger partial charge in [-0.1, -0.05) is 36.4 Å². The third kappa shape index (κ3) is 5.84. The Balaban J connectivity index is 1.25. The Labute approximate surface area is 219 Å². The highest BCUT2D eigenvalue weighted by atomic mass is 16.5. The third-order valence-corrected chi connectivity index (χ3v) is 6.62. The van der Waals surface area contributed by atoms with Crippen LogP contribution in [-0.4, -0.2) is 55.7 Å². The summed E-state index contributed by atoms with van der Waals surface area (Å²) in [7, 11) is 0. The van der Waals surface area contributed by atoms with Crippen molar-refractivity contribution in [2.24, 2.45) is 11.7 Å². The van der Waals surface area contributed by atoms with Crippen molar-refractivity contribution in [1.29, 1.82) is 0 Å². The van der Waals surface area contributed by atoms with E-state index in [4.69, 9.17) is 10.5 Å². The Hall–Kier alpha value is -4.64. The van der Waals surface area contributed by atoms with Crippen LogP contribution in [0.15, 0.2) is 73.2 Å². The molecule has 5 N–H and O–H groups in total. The van der Waals surface area contributed by atoms with E-state index in [0.29, 0.717) is 37.6 Å². The van der Waals surface area contributed by atoms with Crippen LogP contribution in [0.1, 0.15) is 17.5 Å². The molecule has 0 saturated carbocycles. The maximum absolute atomic E-state index is 12.4. The summed E-state index contributed by atoms with van der Waals surface area (Å²) in [6, 6.07) is 17.7. The van der Waals surface area contributed by atoms with Gasteiger partial charge < -0.3 is 26.2 Å². The molecule has 2 amide bonds. The highest BCUT2D eigenvalue weighted by molar-refractivity contribution is 5.79. The molecular weight excluding hydrogens is 486 g/mol. The molecule has 2 atom stereocenters. The predicted octanol–water partition coefficient (Wildman–Crippen LogP) is 2.78. The topological polar surface area (TPSA) is 147 Å². The first kappa shape index (κ1) is 25.0. The Morgan fingerprint density at radius 3 is 2.76 bits per heavy atom. The maximum atomic E-state index is 12.4. The number of likely N-dealkylation sites (tertiary alicyclic amines) is 1. The fraction of sp³-hybridized carbons (Fsp3) is 0.259.